The summed E-state index contributed by atoms with van der Waals surface area (Å²) in [7, 11) is -0.939. The number of pyridine rings is 1. The number of aromatic nitrogens is 2. The van der Waals surface area contributed by atoms with Crippen LogP contribution in [-0.2, 0) is 10.0 Å². The normalized spacial score (nSPS) is 11.6. The third-order valence-electron chi connectivity index (χ3n) is 4.64. The summed E-state index contributed by atoms with van der Waals surface area (Å²) in [5, 5.41) is 0.502. The molecule has 0 saturated carbocycles. The average Bonchev–Trinajstić information content (AvgIpc) is 3.10. The van der Waals surface area contributed by atoms with Crippen molar-refractivity contribution in [2.75, 3.05) is 14.2 Å². The maximum atomic E-state index is 14.1. The van der Waals surface area contributed by atoms with Gasteiger partial charge in [-0.2, -0.15) is 0 Å². The second-order valence-corrected chi connectivity index (χ2v) is 9.22. The summed E-state index contributed by atoms with van der Waals surface area (Å²) in [6.07, 6.45) is 1.43. The van der Waals surface area contributed by atoms with Gasteiger partial charge in [-0.1, -0.05) is 18.2 Å². The maximum Gasteiger partial charge on any atom is 0.270 e. The lowest BCUT2D eigenvalue weighted by atomic mass is 10.0. The number of benzene rings is 2. The molecule has 2 heterocycles. The summed E-state index contributed by atoms with van der Waals surface area (Å²) in [4.78, 5) is 4.49. The number of fused-ring (bicyclic) bond motifs is 1. The Kier molecular flexibility index (Phi) is 5.41. The van der Waals surface area contributed by atoms with Gasteiger partial charge < -0.3 is 9.47 Å². The molecule has 2 aromatic heterocycles. The molecule has 154 valence electrons. The number of halogens is 2. The zero-order chi connectivity index (χ0) is 21.5. The Bertz CT molecular complexity index is 1350. The molecule has 0 amide bonds. The van der Waals surface area contributed by atoms with Gasteiger partial charge in [0.25, 0.3) is 10.0 Å². The molecular formula is C21H16FIN2O4S. The summed E-state index contributed by atoms with van der Waals surface area (Å²) < 4.78 is 53.2. The van der Waals surface area contributed by atoms with Crippen molar-refractivity contribution >= 4 is 43.6 Å². The predicted octanol–water partition coefficient (Wildman–Crippen LogP) is 4.70. The molecule has 4 aromatic rings. The molecule has 0 unspecified atom stereocenters. The first kappa shape index (κ1) is 20.6. The molecule has 9 heteroatoms. The quantitative estimate of drug-likeness (QED) is 0.345. The summed E-state index contributed by atoms with van der Waals surface area (Å²) in [6.45, 7) is 0. The molecule has 0 fully saturated rings. The van der Waals surface area contributed by atoms with Crippen molar-refractivity contribution in [3.05, 3.63) is 70.3 Å². The predicted molar refractivity (Wildman–Crippen MR) is 120 cm³/mol. The molecule has 30 heavy (non-hydrogen) atoms. The number of hydrogen-bond acceptors (Lipinski definition) is 5. The summed E-state index contributed by atoms with van der Waals surface area (Å²) >= 11 is 1.95. The molecule has 0 radical (unpaired) electrons. The Hall–Kier alpha value is -2.66. The molecule has 6 nitrogen and oxygen atoms in total. The first-order valence-electron chi connectivity index (χ1n) is 8.77. The average molecular weight is 538 g/mol. The van der Waals surface area contributed by atoms with E-state index in [0.717, 1.165) is 0 Å². The number of nitrogens with zero attached hydrogens (tertiary/aromatic N) is 2. The first-order valence-corrected chi connectivity index (χ1v) is 11.3. The number of hydrogen-bond donors (Lipinski definition) is 0. The second kappa shape index (κ2) is 7.88. The van der Waals surface area contributed by atoms with E-state index in [1.807, 2.05) is 22.6 Å². The number of rotatable bonds is 5. The van der Waals surface area contributed by atoms with Crippen molar-refractivity contribution in [1.82, 2.24) is 8.96 Å². The van der Waals surface area contributed by atoms with Crippen LogP contribution in [0.2, 0.25) is 0 Å². The van der Waals surface area contributed by atoms with Gasteiger partial charge in [-0.15, -0.1) is 0 Å². The lowest BCUT2D eigenvalue weighted by molar-refractivity contribution is 0.409. The van der Waals surface area contributed by atoms with Gasteiger partial charge in [0.15, 0.2) is 5.65 Å². The zero-order valence-corrected chi connectivity index (χ0v) is 18.9. The Morgan fingerprint density at radius 1 is 1.00 bits per heavy atom. The van der Waals surface area contributed by atoms with Crippen LogP contribution in [0.1, 0.15) is 0 Å². The fourth-order valence-corrected chi connectivity index (χ4v) is 6.00. The molecule has 0 bridgehead atoms. The molecule has 0 aliphatic carbocycles. The molecule has 2 aromatic carbocycles. The van der Waals surface area contributed by atoms with Crippen LogP contribution in [0.25, 0.3) is 22.2 Å². The first-order chi connectivity index (χ1) is 14.4. The molecule has 0 spiro atoms. The molecule has 4 rings (SSSR count). The van der Waals surface area contributed by atoms with E-state index in [4.69, 9.17) is 9.47 Å². The third kappa shape index (κ3) is 3.31. The zero-order valence-electron chi connectivity index (χ0n) is 16.0. The van der Waals surface area contributed by atoms with E-state index < -0.39 is 15.8 Å². The SMILES string of the molecule is COc1ccc(F)cc1-c1c(OC)cnc2c1cc(I)n2S(=O)(=O)c1ccccc1. The van der Waals surface area contributed by atoms with Gasteiger partial charge in [0.1, 0.15) is 17.3 Å². The van der Waals surface area contributed by atoms with Crippen molar-refractivity contribution < 1.29 is 22.3 Å². The minimum Gasteiger partial charge on any atom is -0.496 e. The van der Waals surface area contributed by atoms with E-state index in [1.54, 1.807) is 24.3 Å². The smallest absolute Gasteiger partial charge is 0.270 e. The van der Waals surface area contributed by atoms with E-state index in [1.165, 1.54) is 54.7 Å². The fraction of sp³-hybridized carbons (Fsp3) is 0.0952. The molecule has 0 atom stereocenters. The van der Waals surface area contributed by atoms with Gasteiger partial charge in [0, 0.05) is 16.5 Å². The largest absolute Gasteiger partial charge is 0.496 e. The van der Waals surface area contributed by atoms with Crippen LogP contribution in [-0.4, -0.2) is 31.6 Å². The lowest BCUT2D eigenvalue weighted by Gasteiger charge is -2.14. The molecule has 0 aliphatic heterocycles. The lowest BCUT2D eigenvalue weighted by Crippen LogP contribution is -2.14. The van der Waals surface area contributed by atoms with Gasteiger partial charge in [0.05, 0.1) is 29.0 Å². The van der Waals surface area contributed by atoms with Crippen LogP contribution in [0.4, 0.5) is 4.39 Å². The minimum absolute atomic E-state index is 0.142. The monoisotopic (exact) mass is 538 g/mol. The van der Waals surface area contributed by atoms with E-state index in [-0.39, 0.29) is 10.5 Å². The van der Waals surface area contributed by atoms with Gasteiger partial charge in [0.2, 0.25) is 0 Å². The Balaban J connectivity index is 2.08. The molecule has 0 N–H and O–H groups in total. The summed E-state index contributed by atoms with van der Waals surface area (Å²) in [5.74, 6) is 0.344. The van der Waals surface area contributed by atoms with Crippen molar-refractivity contribution in [2.24, 2.45) is 0 Å². The maximum absolute atomic E-state index is 14.1. The van der Waals surface area contributed by atoms with Crippen molar-refractivity contribution in [2.45, 2.75) is 4.90 Å². The number of ether oxygens (including phenoxy) is 2. The van der Waals surface area contributed by atoms with Gasteiger partial charge in [-0.25, -0.2) is 21.8 Å². The van der Waals surface area contributed by atoms with Crippen LogP contribution in [0.5, 0.6) is 11.5 Å². The third-order valence-corrected chi connectivity index (χ3v) is 7.48. The van der Waals surface area contributed by atoms with Crippen LogP contribution in [0, 0.1) is 9.52 Å². The van der Waals surface area contributed by atoms with Crippen molar-refractivity contribution in [3.63, 3.8) is 0 Å². The highest BCUT2D eigenvalue weighted by Gasteiger charge is 2.26. The Morgan fingerprint density at radius 3 is 2.37 bits per heavy atom. The van der Waals surface area contributed by atoms with E-state index in [2.05, 4.69) is 4.98 Å². The van der Waals surface area contributed by atoms with Crippen molar-refractivity contribution in [3.8, 4) is 22.6 Å². The van der Waals surface area contributed by atoms with Gasteiger partial charge >= 0.3 is 0 Å². The number of methoxy groups -OCH3 is 2. The van der Waals surface area contributed by atoms with Gasteiger partial charge in [-0.05, 0) is 59.0 Å². The van der Waals surface area contributed by atoms with Crippen LogP contribution < -0.4 is 9.47 Å². The highest BCUT2D eigenvalue weighted by molar-refractivity contribution is 14.1. The Morgan fingerprint density at radius 2 is 1.70 bits per heavy atom. The highest BCUT2D eigenvalue weighted by Crippen LogP contribution is 2.42. The highest BCUT2D eigenvalue weighted by atomic mass is 127. The minimum atomic E-state index is -3.89. The van der Waals surface area contributed by atoms with Gasteiger partial charge in [-0.3, -0.25) is 0 Å². The fourth-order valence-electron chi connectivity index (χ4n) is 3.31. The summed E-state index contributed by atoms with van der Waals surface area (Å²) in [5.41, 5.74) is 1.15. The van der Waals surface area contributed by atoms with Crippen LogP contribution in [0.3, 0.4) is 0 Å². The van der Waals surface area contributed by atoms with Crippen LogP contribution >= 0.6 is 22.6 Å². The molecule has 0 aliphatic rings. The topological polar surface area (TPSA) is 70.4 Å². The van der Waals surface area contributed by atoms with E-state index in [9.17, 15) is 12.8 Å². The standard InChI is InChI=1S/C21H16FIN2O4S/c1-28-17-9-8-13(22)10-15(17)20-16-11-19(23)25(21(16)24-12-18(20)29-2)30(26,27)14-6-4-3-5-7-14/h3-12H,1-2H3. The van der Waals surface area contributed by atoms with E-state index >= 15 is 0 Å². The summed E-state index contributed by atoms with van der Waals surface area (Å²) in [6, 6.07) is 13.9. The Labute approximate surface area is 186 Å². The van der Waals surface area contributed by atoms with Crippen LogP contribution in [0.15, 0.2) is 65.7 Å². The molecule has 0 saturated heterocycles. The second-order valence-electron chi connectivity index (χ2n) is 6.33. The van der Waals surface area contributed by atoms with E-state index in [0.29, 0.717) is 31.7 Å². The molecular weight excluding hydrogens is 522 g/mol. The van der Waals surface area contributed by atoms with Crippen molar-refractivity contribution in [1.29, 1.82) is 0 Å².